The summed E-state index contributed by atoms with van der Waals surface area (Å²) in [6.45, 7) is 2.56. The number of benzene rings is 1. The van der Waals surface area contributed by atoms with Crippen LogP contribution in [0, 0.1) is 16.7 Å². The van der Waals surface area contributed by atoms with E-state index in [1.165, 1.54) is 0 Å². The highest BCUT2D eigenvalue weighted by Gasteiger charge is 2.44. The van der Waals surface area contributed by atoms with Gasteiger partial charge in [0.25, 0.3) is 0 Å². The highest BCUT2D eigenvalue weighted by atomic mass is 16.2. The molecule has 0 radical (unpaired) electrons. The molecule has 0 aliphatic carbocycles. The van der Waals surface area contributed by atoms with Gasteiger partial charge < -0.3 is 10.2 Å². The SMILES string of the molecule is N#Cc1ccccc1N1CCCC2(CCNCC2)C1=O. The van der Waals surface area contributed by atoms with E-state index < -0.39 is 0 Å². The van der Waals surface area contributed by atoms with E-state index in [0.29, 0.717) is 5.56 Å². The number of carbonyl (C=O) groups excluding carboxylic acids is 1. The van der Waals surface area contributed by atoms with Gasteiger partial charge in [-0.15, -0.1) is 0 Å². The molecule has 1 spiro atoms. The van der Waals surface area contributed by atoms with Crippen molar-refractivity contribution in [3.8, 4) is 6.07 Å². The van der Waals surface area contributed by atoms with E-state index in [2.05, 4.69) is 11.4 Å². The predicted molar refractivity (Wildman–Crippen MR) is 77.3 cm³/mol. The lowest BCUT2D eigenvalue weighted by atomic mass is 9.72. The molecule has 2 aliphatic heterocycles. The van der Waals surface area contributed by atoms with Crippen LogP contribution < -0.4 is 10.2 Å². The molecule has 2 fully saturated rings. The van der Waals surface area contributed by atoms with Crippen LogP contribution in [0.5, 0.6) is 0 Å². The van der Waals surface area contributed by atoms with Crippen molar-refractivity contribution in [2.45, 2.75) is 25.7 Å². The minimum atomic E-state index is -0.202. The molecule has 20 heavy (non-hydrogen) atoms. The zero-order valence-corrected chi connectivity index (χ0v) is 11.6. The highest BCUT2D eigenvalue weighted by molar-refractivity contribution is 5.99. The van der Waals surface area contributed by atoms with Crippen LogP contribution in [-0.4, -0.2) is 25.5 Å². The third kappa shape index (κ3) is 2.08. The average molecular weight is 269 g/mol. The Morgan fingerprint density at radius 1 is 1.20 bits per heavy atom. The number of nitriles is 1. The Labute approximate surface area is 119 Å². The van der Waals surface area contributed by atoms with Gasteiger partial charge in [-0.3, -0.25) is 4.79 Å². The van der Waals surface area contributed by atoms with Gasteiger partial charge in [0.2, 0.25) is 5.91 Å². The number of nitrogens with zero attached hydrogens (tertiary/aromatic N) is 2. The van der Waals surface area contributed by atoms with Gasteiger partial charge >= 0.3 is 0 Å². The van der Waals surface area contributed by atoms with Crippen LogP contribution >= 0.6 is 0 Å². The molecule has 1 aromatic rings. The van der Waals surface area contributed by atoms with Crippen molar-refractivity contribution in [1.82, 2.24) is 5.32 Å². The van der Waals surface area contributed by atoms with E-state index in [9.17, 15) is 10.1 Å². The van der Waals surface area contributed by atoms with E-state index >= 15 is 0 Å². The van der Waals surface area contributed by atoms with Crippen molar-refractivity contribution in [2.75, 3.05) is 24.5 Å². The third-order valence-corrected chi connectivity index (χ3v) is 4.61. The Morgan fingerprint density at radius 3 is 2.70 bits per heavy atom. The standard InChI is InChI=1S/C16H19N3O/c17-12-13-4-1-2-5-14(13)19-11-3-6-16(15(19)20)7-9-18-10-8-16/h1-2,4-5,18H,3,6-11H2. The molecule has 2 saturated heterocycles. The third-order valence-electron chi connectivity index (χ3n) is 4.61. The topological polar surface area (TPSA) is 56.1 Å². The molecule has 4 nitrogen and oxygen atoms in total. The smallest absolute Gasteiger partial charge is 0.233 e. The molecule has 1 amide bonds. The molecular formula is C16H19N3O. The Kier molecular flexibility index (Phi) is 3.45. The molecule has 1 aromatic carbocycles. The van der Waals surface area contributed by atoms with Crippen LogP contribution in [-0.2, 0) is 4.79 Å². The molecule has 1 N–H and O–H groups in total. The van der Waals surface area contributed by atoms with Gasteiger partial charge in [-0.05, 0) is 50.9 Å². The average Bonchev–Trinajstić information content (AvgIpc) is 2.51. The van der Waals surface area contributed by atoms with Crippen LogP contribution in [0.2, 0.25) is 0 Å². The van der Waals surface area contributed by atoms with Crippen molar-refractivity contribution in [3.63, 3.8) is 0 Å². The number of amides is 1. The zero-order valence-electron chi connectivity index (χ0n) is 11.6. The van der Waals surface area contributed by atoms with E-state index in [0.717, 1.165) is 51.0 Å². The summed E-state index contributed by atoms with van der Waals surface area (Å²) in [5.41, 5.74) is 1.16. The van der Waals surface area contributed by atoms with Crippen LogP contribution in [0.3, 0.4) is 0 Å². The summed E-state index contributed by atoms with van der Waals surface area (Å²) in [6.07, 6.45) is 3.83. The molecule has 0 saturated carbocycles. The van der Waals surface area contributed by atoms with Crippen molar-refractivity contribution < 1.29 is 4.79 Å². The monoisotopic (exact) mass is 269 g/mol. The van der Waals surface area contributed by atoms with E-state index in [1.807, 2.05) is 23.1 Å². The van der Waals surface area contributed by atoms with Crippen molar-refractivity contribution >= 4 is 11.6 Å². The molecule has 0 atom stereocenters. The maximum Gasteiger partial charge on any atom is 0.233 e. The first kappa shape index (κ1) is 13.1. The van der Waals surface area contributed by atoms with Crippen LogP contribution in [0.1, 0.15) is 31.2 Å². The first-order valence-corrected chi connectivity index (χ1v) is 7.29. The Bertz CT molecular complexity index is 550. The van der Waals surface area contributed by atoms with Crippen molar-refractivity contribution in [2.24, 2.45) is 5.41 Å². The largest absolute Gasteiger partial charge is 0.317 e. The summed E-state index contributed by atoms with van der Waals surface area (Å²) in [7, 11) is 0. The van der Waals surface area contributed by atoms with Crippen molar-refractivity contribution in [3.05, 3.63) is 29.8 Å². The summed E-state index contributed by atoms with van der Waals surface area (Å²) in [6, 6.07) is 9.61. The maximum absolute atomic E-state index is 13.0. The summed E-state index contributed by atoms with van der Waals surface area (Å²) in [5, 5.41) is 12.6. The quantitative estimate of drug-likeness (QED) is 0.849. The molecule has 104 valence electrons. The summed E-state index contributed by atoms with van der Waals surface area (Å²) in [4.78, 5) is 14.8. The van der Waals surface area contributed by atoms with Crippen molar-refractivity contribution in [1.29, 1.82) is 5.26 Å². The first-order valence-electron chi connectivity index (χ1n) is 7.29. The second kappa shape index (κ2) is 5.26. The molecule has 0 unspecified atom stereocenters. The normalized spacial score (nSPS) is 21.8. The van der Waals surface area contributed by atoms with Gasteiger partial charge in [0.05, 0.1) is 16.7 Å². The van der Waals surface area contributed by atoms with Gasteiger partial charge in [0, 0.05) is 6.54 Å². The molecule has 3 rings (SSSR count). The molecule has 0 bridgehead atoms. The number of hydrogen-bond acceptors (Lipinski definition) is 3. The van der Waals surface area contributed by atoms with E-state index in [-0.39, 0.29) is 11.3 Å². The first-order chi connectivity index (χ1) is 9.77. The molecule has 0 aromatic heterocycles. The predicted octanol–water partition coefficient (Wildman–Crippen LogP) is 2.05. The van der Waals surface area contributed by atoms with Gasteiger partial charge in [-0.2, -0.15) is 5.26 Å². The minimum Gasteiger partial charge on any atom is -0.317 e. The van der Waals surface area contributed by atoms with Gasteiger partial charge in [0.1, 0.15) is 6.07 Å². The molecular weight excluding hydrogens is 250 g/mol. The molecule has 2 aliphatic rings. The summed E-state index contributed by atoms with van der Waals surface area (Å²) in [5.74, 6) is 0.216. The second-order valence-corrected chi connectivity index (χ2v) is 5.72. The Hall–Kier alpha value is -1.86. The lowest BCUT2D eigenvalue weighted by molar-refractivity contribution is -0.132. The summed E-state index contributed by atoms with van der Waals surface area (Å²) < 4.78 is 0. The Balaban J connectivity index is 1.94. The number of hydrogen-bond donors (Lipinski definition) is 1. The number of anilines is 1. The second-order valence-electron chi connectivity index (χ2n) is 5.72. The zero-order chi connectivity index (χ0) is 14.0. The number of nitrogens with one attached hydrogen (secondary N) is 1. The lowest BCUT2D eigenvalue weighted by Crippen LogP contribution is -2.53. The summed E-state index contributed by atoms with van der Waals surface area (Å²) >= 11 is 0. The van der Waals surface area contributed by atoms with Crippen LogP contribution in [0.4, 0.5) is 5.69 Å². The fourth-order valence-electron chi connectivity index (χ4n) is 3.47. The lowest BCUT2D eigenvalue weighted by Gasteiger charge is -2.44. The van der Waals surface area contributed by atoms with Gasteiger partial charge in [-0.1, -0.05) is 12.1 Å². The fourth-order valence-corrected chi connectivity index (χ4v) is 3.47. The number of rotatable bonds is 1. The Morgan fingerprint density at radius 2 is 1.95 bits per heavy atom. The van der Waals surface area contributed by atoms with E-state index in [4.69, 9.17) is 0 Å². The van der Waals surface area contributed by atoms with E-state index in [1.54, 1.807) is 6.07 Å². The van der Waals surface area contributed by atoms with Crippen LogP contribution in [0.15, 0.2) is 24.3 Å². The van der Waals surface area contributed by atoms with Gasteiger partial charge in [0.15, 0.2) is 0 Å². The highest BCUT2D eigenvalue weighted by Crippen LogP contribution is 2.41. The number of piperidine rings is 2. The minimum absolute atomic E-state index is 0.202. The molecule has 2 heterocycles. The van der Waals surface area contributed by atoms with Gasteiger partial charge in [-0.25, -0.2) is 0 Å². The number of carbonyl (C=O) groups is 1. The molecule has 4 heteroatoms. The maximum atomic E-state index is 13.0. The van der Waals surface area contributed by atoms with Crippen LogP contribution in [0.25, 0.3) is 0 Å². The fraction of sp³-hybridized carbons (Fsp3) is 0.500. The number of para-hydroxylation sites is 1.